The highest BCUT2D eigenvalue weighted by molar-refractivity contribution is 8.15. The SMILES string of the molecule is c1ccc(CSC(SCc2ccccc2)c2ccc3c(c2)OCO3)cc1. The lowest BCUT2D eigenvalue weighted by Crippen LogP contribution is -1.94. The second-order valence-electron chi connectivity index (χ2n) is 6.04. The number of benzene rings is 3. The van der Waals surface area contributed by atoms with E-state index in [9.17, 15) is 0 Å². The molecule has 2 nitrogen and oxygen atoms in total. The monoisotopic (exact) mass is 380 g/mol. The normalized spacial score (nSPS) is 12.5. The van der Waals surface area contributed by atoms with E-state index < -0.39 is 0 Å². The Morgan fingerprint density at radius 3 is 1.88 bits per heavy atom. The number of rotatable bonds is 7. The minimum atomic E-state index is 0.317. The van der Waals surface area contributed by atoms with E-state index in [1.165, 1.54) is 16.7 Å². The van der Waals surface area contributed by atoms with Gasteiger partial charge in [-0.1, -0.05) is 66.7 Å². The minimum Gasteiger partial charge on any atom is -0.454 e. The van der Waals surface area contributed by atoms with Crippen molar-refractivity contribution >= 4 is 23.5 Å². The Bertz CT molecular complexity index is 794. The van der Waals surface area contributed by atoms with Gasteiger partial charge in [0.2, 0.25) is 6.79 Å². The molecule has 0 N–H and O–H groups in total. The summed E-state index contributed by atoms with van der Waals surface area (Å²) >= 11 is 3.92. The van der Waals surface area contributed by atoms with Crippen LogP contribution in [0.5, 0.6) is 11.5 Å². The van der Waals surface area contributed by atoms with Gasteiger partial charge in [-0.15, -0.1) is 23.5 Å². The molecular weight excluding hydrogens is 360 g/mol. The average molecular weight is 381 g/mol. The largest absolute Gasteiger partial charge is 0.454 e. The van der Waals surface area contributed by atoms with Crippen molar-refractivity contribution in [2.75, 3.05) is 6.79 Å². The van der Waals surface area contributed by atoms with Crippen molar-refractivity contribution in [1.82, 2.24) is 0 Å². The van der Waals surface area contributed by atoms with Gasteiger partial charge in [0.15, 0.2) is 11.5 Å². The molecule has 1 aliphatic rings. The summed E-state index contributed by atoms with van der Waals surface area (Å²) in [5.74, 6) is 3.67. The summed E-state index contributed by atoms with van der Waals surface area (Å²) in [4.78, 5) is 0. The first-order valence-corrected chi connectivity index (χ1v) is 10.7. The standard InChI is InChI=1S/C22H20O2S2/c1-3-7-17(8-4-1)14-25-22(26-15-18-9-5-2-6-10-18)19-11-12-20-21(13-19)24-16-23-20/h1-13,22H,14-16H2. The molecule has 0 atom stereocenters. The van der Waals surface area contributed by atoms with Crippen molar-refractivity contribution < 1.29 is 9.47 Å². The van der Waals surface area contributed by atoms with Crippen LogP contribution in [0, 0.1) is 0 Å². The number of ether oxygens (including phenoxy) is 2. The summed E-state index contributed by atoms with van der Waals surface area (Å²) in [6, 6.07) is 27.6. The fourth-order valence-electron chi connectivity index (χ4n) is 2.79. The van der Waals surface area contributed by atoms with Crippen LogP contribution in [-0.2, 0) is 11.5 Å². The van der Waals surface area contributed by atoms with Gasteiger partial charge in [0.05, 0.1) is 4.58 Å². The van der Waals surface area contributed by atoms with Crippen LogP contribution in [0.1, 0.15) is 21.3 Å². The van der Waals surface area contributed by atoms with E-state index in [0.29, 0.717) is 11.4 Å². The zero-order valence-corrected chi connectivity index (χ0v) is 16.0. The third kappa shape index (κ3) is 4.37. The molecule has 0 saturated heterocycles. The highest BCUT2D eigenvalue weighted by Crippen LogP contribution is 2.45. The lowest BCUT2D eigenvalue weighted by molar-refractivity contribution is 0.174. The van der Waals surface area contributed by atoms with Crippen molar-refractivity contribution in [3.63, 3.8) is 0 Å². The van der Waals surface area contributed by atoms with E-state index in [1.54, 1.807) is 0 Å². The predicted molar refractivity (Wildman–Crippen MR) is 111 cm³/mol. The Balaban J connectivity index is 1.50. The lowest BCUT2D eigenvalue weighted by atomic mass is 10.2. The van der Waals surface area contributed by atoms with E-state index >= 15 is 0 Å². The van der Waals surface area contributed by atoms with Crippen molar-refractivity contribution in [3.8, 4) is 11.5 Å². The molecule has 0 fully saturated rings. The second-order valence-corrected chi connectivity index (χ2v) is 8.52. The maximum atomic E-state index is 5.57. The third-order valence-electron chi connectivity index (χ3n) is 4.16. The first kappa shape index (κ1) is 17.4. The molecule has 0 aromatic heterocycles. The van der Waals surface area contributed by atoms with Crippen LogP contribution in [0.3, 0.4) is 0 Å². The Hall–Kier alpha value is -2.04. The van der Waals surface area contributed by atoms with Gasteiger partial charge in [-0.3, -0.25) is 0 Å². The maximum Gasteiger partial charge on any atom is 0.231 e. The van der Waals surface area contributed by atoms with Gasteiger partial charge >= 0.3 is 0 Å². The Morgan fingerprint density at radius 2 is 1.27 bits per heavy atom. The van der Waals surface area contributed by atoms with Crippen molar-refractivity contribution in [2.24, 2.45) is 0 Å². The summed E-state index contributed by atoms with van der Waals surface area (Å²) in [5.41, 5.74) is 3.98. The first-order valence-electron chi connectivity index (χ1n) is 8.59. The summed E-state index contributed by atoms with van der Waals surface area (Å²) in [5, 5.41) is 0. The molecule has 1 aliphatic heterocycles. The zero-order chi connectivity index (χ0) is 17.6. The molecule has 0 amide bonds. The summed E-state index contributed by atoms with van der Waals surface area (Å²) in [7, 11) is 0. The van der Waals surface area contributed by atoms with Gasteiger partial charge in [0.25, 0.3) is 0 Å². The molecule has 0 unspecified atom stereocenters. The van der Waals surface area contributed by atoms with Gasteiger partial charge in [-0.25, -0.2) is 0 Å². The van der Waals surface area contributed by atoms with Gasteiger partial charge in [-0.05, 0) is 28.8 Å². The molecule has 0 aliphatic carbocycles. The molecule has 3 aromatic carbocycles. The van der Waals surface area contributed by atoms with Crippen LogP contribution in [0.15, 0.2) is 78.9 Å². The fraction of sp³-hybridized carbons (Fsp3) is 0.182. The van der Waals surface area contributed by atoms with Crippen molar-refractivity contribution in [3.05, 3.63) is 95.6 Å². The molecule has 0 radical (unpaired) electrons. The average Bonchev–Trinajstić information content (AvgIpc) is 3.17. The Kier molecular flexibility index (Phi) is 5.72. The molecule has 26 heavy (non-hydrogen) atoms. The topological polar surface area (TPSA) is 18.5 Å². The molecule has 0 spiro atoms. The molecular formula is C22H20O2S2. The van der Waals surface area contributed by atoms with E-state index in [0.717, 1.165) is 23.0 Å². The molecule has 0 bridgehead atoms. The second kappa shape index (κ2) is 8.56. The van der Waals surface area contributed by atoms with Crippen LogP contribution >= 0.6 is 23.5 Å². The van der Waals surface area contributed by atoms with Crippen LogP contribution in [0.2, 0.25) is 0 Å². The van der Waals surface area contributed by atoms with Crippen LogP contribution in [-0.4, -0.2) is 6.79 Å². The van der Waals surface area contributed by atoms with Crippen molar-refractivity contribution in [2.45, 2.75) is 16.1 Å². The summed E-state index contributed by atoms with van der Waals surface area (Å²) in [6.07, 6.45) is 0. The van der Waals surface area contributed by atoms with Crippen LogP contribution in [0.25, 0.3) is 0 Å². The maximum absolute atomic E-state index is 5.57. The Morgan fingerprint density at radius 1 is 0.692 bits per heavy atom. The van der Waals surface area contributed by atoms with E-state index in [-0.39, 0.29) is 0 Å². The van der Waals surface area contributed by atoms with Gasteiger partial charge in [0.1, 0.15) is 0 Å². The van der Waals surface area contributed by atoms with Gasteiger partial charge < -0.3 is 9.47 Å². The van der Waals surface area contributed by atoms with E-state index in [4.69, 9.17) is 9.47 Å². The first-order chi connectivity index (χ1) is 12.9. The molecule has 4 heteroatoms. The third-order valence-corrected chi connectivity index (χ3v) is 7.12. The molecule has 132 valence electrons. The quantitative estimate of drug-likeness (QED) is 0.449. The van der Waals surface area contributed by atoms with E-state index in [1.807, 2.05) is 29.6 Å². The number of thioether (sulfide) groups is 2. The summed E-state index contributed by atoms with van der Waals surface area (Å²) < 4.78 is 11.4. The van der Waals surface area contributed by atoms with Crippen LogP contribution in [0.4, 0.5) is 0 Å². The molecule has 4 rings (SSSR count). The number of fused-ring (bicyclic) bond motifs is 1. The molecule has 1 heterocycles. The lowest BCUT2D eigenvalue weighted by Gasteiger charge is -2.17. The van der Waals surface area contributed by atoms with E-state index in [2.05, 4.69) is 72.8 Å². The molecule has 0 saturated carbocycles. The predicted octanol–water partition coefficient (Wildman–Crippen LogP) is 6.28. The fourth-order valence-corrected chi connectivity index (χ4v) is 5.34. The van der Waals surface area contributed by atoms with Crippen molar-refractivity contribution in [1.29, 1.82) is 0 Å². The smallest absolute Gasteiger partial charge is 0.231 e. The Labute approximate surface area is 162 Å². The van der Waals surface area contributed by atoms with Crippen LogP contribution < -0.4 is 9.47 Å². The molecule has 3 aromatic rings. The number of hydrogen-bond acceptors (Lipinski definition) is 4. The van der Waals surface area contributed by atoms with Gasteiger partial charge in [0, 0.05) is 11.5 Å². The highest BCUT2D eigenvalue weighted by Gasteiger charge is 2.19. The number of hydrogen-bond donors (Lipinski definition) is 0. The minimum absolute atomic E-state index is 0.317. The summed E-state index contributed by atoms with van der Waals surface area (Å²) in [6.45, 7) is 0.317. The zero-order valence-electron chi connectivity index (χ0n) is 14.3. The van der Waals surface area contributed by atoms with Gasteiger partial charge in [-0.2, -0.15) is 0 Å². The highest BCUT2D eigenvalue weighted by atomic mass is 32.2.